The molecule has 3 nitrogen and oxygen atoms in total. The minimum atomic E-state index is 0.514. The smallest absolute Gasteiger partial charge is 0.140 e. The van der Waals surface area contributed by atoms with E-state index in [4.69, 9.17) is 5.26 Å². The zero-order chi connectivity index (χ0) is 13.7. The van der Waals surface area contributed by atoms with E-state index in [1.165, 1.54) is 37.7 Å². The predicted molar refractivity (Wildman–Crippen MR) is 76.5 cm³/mol. The van der Waals surface area contributed by atoms with E-state index in [9.17, 15) is 0 Å². The highest BCUT2D eigenvalue weighted by Crippen LogP contribution is 2.29. The molecule has 0 bridgehead atoms. The third kappa shape index (κ3) is 3.78. The fourth-order valence-corrected chi connectivity index (χ4v) is 3.04. The first-order chi connectivity index (χ1) is 9.22. The van der Waals surface area contributed by atoms with Crippen LogP contribution in [0.3, 0.4) is 0 Å². The zero-order valence-corrected chi connectivity index (χ0v) is 12.0. The summed E-state index contributed by atoms with van der Waals surface area (Å²) in [6.45, 7) is 3.22. The summed E-state index contributed by atoms with van der Waals surface area (Å²) in [6.07, 6.45) is 8.41. The number of aromatic nitrogens is 1. The minimum absolute atomic E-state index is 0.514. The molecular weight excluding hydrogens is 234 g/mol. The van der Waals surface area contributed by atoms with Crippen molar-refractivity contribution < 1.29 is 0 Å². The van der Waals surface area contributed by atoms with Crippen molar-refractivity contribution in [2.45, 2.75) is 51.6 Å². The van der Waals surface area contributed by atoms with Crippen LogP contribution in [0, 0.1) is 17.2 Å². The fraction of sp³-hybridized carbons (Fsp3) is 0.625. The van der Waals surface area contributed by atoms with Crippen LogP contribution in [-0.2, 0) is 6.54 Å². The van der Waals surface area contributed by atoms with Crippen molar-refractivity contribution >= 4 is 0 Å². The molecule has 1 heterocycles. The van der Waals surface area contributed by atoms with E-state index in [2.05, 4.69) is 29.9 Å². The van der Waals surface area contributed by atoms with Crippen molar-refractivity contribution in [1.82, 2.24) is 9.88 Å². The van der Waals surface area contributed by atoms with Crippen molar-refractivity contribution in [3.05, 3.63) is 29.6 Å². The van der Waals surface area contributed by atoms with Gasteiger partial charge in [0.25, 0.3) is 0 Å². The van der Waals surface area contributed by atoms with Gasteiger partial charge in [0, 0.05) is 18.8 Å². The topological polar surface area (TPSA) is 39.9 Å². The molecule has 0 aliphatic heterocycles. The van der Waals surface area contributed by atoms with Crippen LogP contribution in [0.25, 0.3) is 0 Å². The van der Waals surface area contributed by atoms with Crippen LogP contribution in [0.15, 0.2) is 18.3 Å². The van der Waals surface area contributed by atoms with Crippen molar-refractivity contribution in [3.63, 3.8) is 0 Å². The lowest BCUT2D eigenvalue weighted by molar-refractivity contribution is 0.157. The lowest BCUT2D eigenvalue weighted by atomic mass is 9.84. The van der Waals surface area contributed by atoms with Gasteiger partial charge in [0.05, 0.1) is 0 Å². The van der Waals surface area contributed by atoms with Crippen molar-refractivity contribution in [1.29, 1.82) is 5.26 Å². The molecule has 0 atom stereocenters. The molecule has 0 spiro atoms. The van der Waals surface area contributed by atoms with Gasteiger partial charge in [-0.3, -0.25) is 4.90 Å². The van der Waals surface area contributed by atoms with Gasteiger partial charge < -0.3 is 0 Å². The van der Waals surface area contributed by atoms with Gasteiger partial charge in [0.15, 0.2) is 0 Å². The maximum atomic E-state index is 8.88. The SMILES string of the molecule is CCC1CCC(N(C)Cc2ccnc(C#N)c2)CC1. The summed E-state index contributed by atoms with van der Waals surface area (Å²) in [6, 6.07) is 6.71. The van der Waals surface area contributed by atoms with E-state index in [0.717, 1.165) is 12.5 Å². The van der Waals surface area contributed by atoms with E-state index in [1.807, 2.05) is 12.1 Å². The molecule has 0 unspecified atom stereocenters. The number of nitriles is 1. The number of rotatable bonds is 4. The second-order valence-electron chi connectivity index (χ2n) is 5.66. The molecule has 1 aromatic rings. The summed E-state index contributed by atoms with van der Waals surface area (Å²) in [5.41, 5.74) is 1.70. The summed E-state index contributed by atoms with van der Waals surface area (Å²) in [7, 11) is 2.20. The number of pyridine rings is 1. The largest absolute Gasteiger partial charge is 0.299 e. The van der Waals surface area contributed by atoms with Crippen LogP contribution in [0.5, 0.6) is 0 Å². The summed E-state index contributed by atoms with van der Waals surface area (Å²) >= 11 is 0. The Balaban J connectivity index is 1.90. The standard InChI is InChI=1S/C16H23N3/c1-3-13-4-6-16(7-5-13)19(2)12-14-8-9-18-15(10-14)11-17/h8-10,13,16H,3-7,12H2,1-2H3. The molecule has 0 aromatic carbocycles. The third-order valence-electron chi connectivity index (χ3n) is 4.39. The predicted octanol–water partition coefficient (Wildman–Crippen LogP) is 3.35. The normalized spacial score (nSPS) is 23.3. The summed E-state index contributed by atoms with van der Waals surface area (Å²) in [5, 5.41) is 8.88. The first-order valence-electron chi connectivity index (χ1n) is 7.28. The molecule has 1 aromatic heterocycles. The van der Waals surface area contributed by atoms with Gasteiger partial charge in [0.2, 0.25) is 0 Å². The number of nitrogens with zero attached hydrogens (tertiary/aromatic N) is 3. The van der Waals surface area contributed by atoms with Crippen molar-refractivity contribution in [2.75, 3.05) is 7.05 Å². The van der Waals surface area contributed by atoms with Gasteiger partial charge in [-0.2, -0.15) is 5.26 Å². The maximum Gasteiger partial charge on any atom is 0.140 e. The Kier molecular flexibility index (Phi) is 4.93. The van der Waals surface area contributed by atoms with Gasteiger partial charge in [-0.05, 0) is 56.3 Å². The lowest BCUT2D eigenvalue weighted by Crippen LogP contribution is -2.34. The summed E-state index contributed by atoms with van der Waals surface area (Å²) in [4.78, 5) is 6.45. The first kappa shape index (κ1) is 14.0. The van der Waals surface area contributed by atoms with Crippen LogP contribution in [0.1, 0.15) is 50.3 Å². The minimum Gasteiger partial charge on any atom is -0.299 e. The molecule has 1 saturated carbocycles. The highest BCUT2D eigenvalue weighted by molar-refractivity contribution is 5.25. The van der Waals surface area contributed by atoms with Crippen LogP contribution in [0.4, 0.5) is 0 Å². The summed E-state index contributed by atoms with van der Waals surface area (Å²) in [5.74, 6) is 0.941. The summed E-state index contributed by atoms with van der Waals surface area (Å²) < 4.78 is 0. The second kappa shape index (κ2) is 6.68. The highest BCUT2D eigenvalue weighted by atomic mass is 15.1. The van der Waals surface area contributed by atoms with Gasteiger partial charge >= 0.3 is 0 Å². The Bertz CT molecular complexity index is 442. The maximum absolute atomic E-state index is 8.88. The van der Waals surface area contributed by atoms with Crippen LogP contribution < -0.4 is 0 Å². The average Bonchev–Trinajstić information content (AvgIpc) is 2.47. The molecule has 102 valence electrons. The lowest BCUT2D eigenvalue weighted by Gasteiger charge is -2.34. The van der Waals surface area contributed by atoms with Crippen molar-refractivity contribution in [2.24, 2.45) is 5.92 Å². The first-order valence-corrected chi connectivity index (χ1v) is 7.28. The highest BCUT2D eigenvalue weighted by Gasteiger charge is 2.22. The molecule has 0 amide bonds. The van der Waals surface area contributed by atoms with Crippen LogP contribution in [0.2, 0.25) is 0 Å². The van der Waals surface area contributed by atoms with E-state index in [1.54, 1.807) is 6.20 Å². The molecule has 2 rings (SSSR count). The Morgan fingerprint density at radius 3 is 2.74 bits per heavy atom. The number of hydrogen-bond donors (Lipinski definition) is 0. The van der Waals surface area contributed by atoms with E-state index in [-0.39, 0.29) is 0 Å². The van der Waals surface area contributed by atoms with E-state index >= 15 is 0 Å². The number of hydrogen-bond acceptors (Lipinski definition) is 3. The van der Waals surface area contributed by atoms with Crippen LogP contribution >= 0.6 is 0 Å². The molecule has 0 saturated heterocycles. The Labute approximate surface area is 116 Å². The molecule has 0 radical (unpaired) electrons. The monoisotopic (exact) mass is 257 g/mol. The second-order valence-corrected chi connectivity index (χ2v) is 5.66. The van der Waals surface area contributed by atoms with Crippen molar-refractivity contribution in [3.8, 4) is 6.07 Å². The zero-order valence-electron chi connectivity index (χ0n) is 12.0. The molecule has 1 aliphatic rings. The van der Waals surface area contributed by atoms with E-state index in [0.29, 0.717) is 11.7 Å². The molecular formula is C16H23N3. The fourth-order valence-electron chi connectivity index (χ4n) is 3.04. The quantitative estimate of drug-likeness (QED) is 0.830. The Morgan fingerprint density at radius 1 is 1.37 bits per heavy atom. The molecule has 1 fully saturated rings. The van der Waals surface area contributed by atoms with E-state index < -0.39 is 0 Å². The molecule has 19 heavy (non-hydrogen) atoms. The third-order valence-corrected chi connectivity index (χ3v) is 4.39. The van der Waals surface area contributed by atoms with Gasteiger partial charge in [-0.1, -0.05) is 13.3 Å². The molecule has 1 aliphatic carbocycles. The van der Waals surface area contributed by atoms with Crippen LogP contribution in [-0.4, -0.2) is 23.0 Å². The average molecular weight is 257 g/mol. The Morgan fingerprint density at radius 2 is 2.11 bits per heavy atom. The van der Waals surface area contributed by atoms with Gasteiger partial charge in [0.1, 0.15) is 11.8 Å². The Hall–Kier alpha value is -1.40. The van der Waals surface area contributed by atoms with Gasteiger partial charge in [-0.25, -0.2) is 4.98 Å². The molecule has 3 heteroatoms. The van der Waals surface area contributed by atoms with Gasteiger partial charge in [-0.15, -0.1) is 0 Å². The molecule has 0 N–H and O–H groups in total.